The van der Waals surface area contributed by atoms with E-state index in [9.17, 15) is 0 Å². The van der Waals surface area contributed by atoms with E-state index in [0.29, 0.717) is 29.1 Å². The Hall–Kier alpha value is -19.2. The average molecular weight is 1830 g/mol. The largest absolute Gasteiger partial charge is 0.228 e. The summed E-state index contributed by atoms with van der Waals surface area (Å²) in [4.78, 5) is 35.5. The summed E-state index contributed by atoms with van der Waals surface area (Å²) in [7, 11) is 0. The second-order valence-electron chi connectivity index (χ2n) is 36.3. The zero-order chi connectivity index (χ0) is 95.6. The molecular formula is C137H89N7. The molecule has 27 rings (SSSR count). The van der Waals surface area contributed by atoms with Crippen LogP contribution in [0.15, 0.2) is 540 Å². The van der Waals surface area contributed by atoms with Gasteiger partial charge in [0, 0.05) is 50.1 Å². The monoisotopic (exact) mass is 1830 g/mol. The van der Waals surface area contributed by atoms with E-state index in [-0.39, 0.29) is 0 Å². The predicted molar refractivity (Wildman–Crippen MR) is 603 cm³/mol. The van der Waals surface area contributed by atoms with Crippen LogP contribution < -0.4 is 0 Å². The lowest BCUT2D eigenvalue weighted by Gasteiger charge is -2.16. The van der Waals surface area contributed by atoms with Crippen molar-refractivity contribution in [2.45, 2.75) is 0 Å². The number of fused-ring (bicyclic) bond motifs is 18. The van der Waals surface area contributed by atoms with Gasteiger partial charge >= 0.3 is 0 Å². The van der Waals surface area contributed by atoms with Crippen LogP contribution in [0.1, 0.15) is 0 Å². The fraction of sp³-hybridized carbons (Fsp3) is 0. The Morgan fingerprint density at radius 2 is 0.271 bits per heavy atom. The normalized spacial score (nSPS) is 11.3. The summed E-state index contributed by atoms with van der Waals surface area (Å²) in [6.07, 6.45) is 0. The van der Waals surface area contributed by atoms with Crippen molar-refractivity contribution in [1.82, 2.24) is 34.9 Å². The summed E-state index contributed by atoms with van der Waals surface area (Å²) >= 11 is 0. The van der Waals surface area contributed by atoms with Crippen LogP contribution in [0.5, 0.6) is 0 Å². The summed E-state index contributed by atoms with van der Waals surface area (Å²) in [6.45, 7) is 0. The maximum atomic E-state index is 5.14. The maximum Gasteiger partial charge on any atom is 0.164 e. The van der Waals surface area contributed by atoms with Crippen molar-refractivity contribution in [3.63, 3.8) is 0 Å². The van der Waals surface area contributed by atoms with Gasteiger partial charge in [0.1, 0.15) is 0 Å². The van der Waals surface area contributed by atoms with Crippen molar-refractivity contribution in [2.75, 3.05) is 0 Å². The first kappa shape index (κ1) is 86.4. The molecule has 0 aliphatic rings. The molecule has 0 amide bonds. The lowest BCUT2D eigenvalue weighted by Crippen LogP contribution is -2.01. The van der Waals surface area contributed by atoms with Crippen LogP contribution in [-0.4, -0.2) is 34.9 Å². The van der Waals surface area contributed by atoms with E-state index in [4.69, 9.17) is 34.9 Å². The lowest BCUT2D eigenvalue weighted by molar-refractivity contribution is 1.07. The summed E-state index contributed by atoms with van der Waals surface area (Å²) in [5.41, 5.74) is 26.5. The Bertz CT molecular complexity index is 8930. The summed E-state index contributed by atoms with van der Waals surface area (Å²) in [5.74, 6) is 3.36. The molecule has 0 saturated carbocycles. The minimum atomic E-state index is 0.643. The van der Waals surface area contributed by atoms with Crippen LogP contribution in [-0.2, 0) is 0 Å². The minimum Gasteiger partial charge on any atom is -0.228 e. The molecule has 7 nitrogen and oxygen atoms in total. The molecule has 0 unspecified atom stereocenters. The highest BCUT2D eigenvalue weighted by atomic mass is 15.0. The Labute approximate surface area is 834 Å². The highest BCUT2D eigenvalue weighted by Crippen LogP contribution is 2.47. The SMILES string of the molecule is c1ccc(-c2cc(-c3ccccc3)nc(-c3ccccc3-c3cccc(-c4ccc5c6ccccc6c6ccccc6c5c4)c3)n2)cc1.c1ccc(-c2cc(-c3ccccc3-c3cccc(-c4ccc5c6ccccc6c6ccccc6c5c4)c3)nc(-c3ccccc3)n2)cc1.c1ccc(-c2nc(-c3ccccc3)nc(-c3ccccc3-c3ccccc3-c3ccc4c5ccccc5c5ccccc5c4c3)n2)cc1. The Balaban J connectivity index is 0.000000113. The molecule has 27 aromatic rings. The highest BCUT2D eigenvalue weighted by molar-refractivity contribution is 6.28. The zero-order valence-electron chi connectivity index (χ0n) is 78.5. The number of nitrogens with zero attached hydrogens (tertiary/aromatic N) is 7. The molecule has 3 heterocycles. The highest BCUT2D eigenvalue weighted by Gasteiger charge is 2.24. The van der Waals surface area contributed by atoms with Crippen LogP contribution in [0, 0.1) is 0 Å². The first-order chi connectivity index (χ1) is 71.4. The van der Waals surface area contributed by atoms with E-state index in [1.807, 2.05) is 97.1 Å². The van der Waals surface area contributed by atoms with Crippen molar-refractivity contribution in [2.24, 2.45) is 0 Å². The van der Waals surface area contributed by atoms with Crippen molar-refractivity contribution >= 4 is 97.0 Å². The molecule has 0 aliphatic heterocycles. The number of benzene rings is 24. The third kappa shape index (κ3) is 16.7. The molecule has 144 heavy (non-hydrogen) atoms. The molecule has 0 radical (unpaired) electrons. The molecular weight excluding hydrogens is 1740 g/mol. The quantitative estimate of drug-likeness (QED) is 0.0945. The van der Waals surface area contributed by atoms with E-state index >= 15 is 0 Å². The van der Waals surface area contributed by atoms with Gasteiger partial charge in [0.15, 0.2) is 29.1 Å². The summed E-state index contributed by atoms with van der Waals surface area (Å²) in [6, 6.07) is 191. The van der Waals surface area contributed by atoms with Crippen molar-refractivity contribution < 1.29 is 0 Å². The van der Waals surface area contributed by atoms with E-state index in [1.54, 1.807) is 0 Å². The van der Waals surface area contributed by atoms with Gasteiger partial charge in [0.05, 0.1) is 22.8 Å². The number of aromatic nitrogens is 7. The molecule has 0 bridgehead atoms. The van der Waals surface area contributed by atoms with Crippen LogP contribution in [0.25, 0.3) is 266 Å². The van der Waals surface area contributed by atoms with Crippen LogP contribution in [0.4, 0.5) is 0 Å². The lowest BCUT2D eigenvalue weighted by atomic mass is 9.88. The first-order valence-corrected chi connectivity index (χ1v) is 48.9. The smallest absolute Gasteiger partial charge is 0.164 e. The molecule has 0 saturated heterocycles. The molecule has 0 fully saturated rings. The topological polar surface area (TPSA) is 90.2 Å². The Kier molecular flexibility index (Phi) is 23.0. The molecule has 0 atom stereocenters. The van der Waals surface area contributed by atoms with Gasteiger partial charge < -0.3 is 0 Å². The summed E-state index contributed by atoms with van der Waals surface area (Å²) < 4.78 is 0. The number of hydrogen-bond donors (Lipinski definition) is 0. The molecule has 0 aliphatic carbocycles. The van der Waals surface area contributed by atoms with Crippen molar-refractivity contribution in [1.29, 1.82) is 0 Å². The van der Waals surface area contributed by atoms with Crippen molar-refractivity contribution in [3.8, 4) is 169 Å². The standard InChI is InChI=1S/2C46H30N2.C45H29N3/c1-3-14-31(15-4-1)44-30-45(48-46(47-44)32-16-5-2-6-17-32)42-25-12-7-20-36(42)35-19-13-18-33(28-35)34-26-27-41-39-23-9-8-21-37(39)38-22-10-11-24-40(38)43(41)29-34;1-3-14-31(15-4-1)44-30-45(32-16-5-2-6-17-32)48-46(47-44)42-25-12-7-20-36(42)35-19-13-18-33(28-35)34-26-27-41-39-23-9-8-21-37(39)38-22-10-11-24-40(38)43(41)29-34;1-3-15-30(16-4-1)43-46-44(31-17-5-2-6-18-31)48-45(47-43)41-26-14-13-24-38(41)34-20-8-7-19-33(34)32-27-28-40-37-23-10-9-21-35(37)36-22-11-12-25-39(36)42(40)29-32/h2*1-30H;1-29H. The summed E-state index contributed by atoms with van der Waals surface area (Å²) in [5, 5.41) is 23.0. The minimum absolute atomic E-state index is 0.643. The maximum absolute atomic E-state index is 5.14. The van der Waals surface area contributed by atoms with Gasteiger partial charge in [-0.25, -0.2) is 34.9 Å². The van der Waals surface area contributed by atoms with Gasteiger partial charge in [-0.1, -0.05) is 497 Å². The predicted octanol–water partition coefficient (Wildman–Crippen LogP) is 36.2. The van der Waals surface area contributed by atoms with E-state index in [2.05, 4.69) is 443 Å². The Morgan fingerprint density at radius 1 is 0.0833 bits per heavy atom. The average Bonchev–Trinajstić information content (AvgIpc) is 0.745. The number of rotatable bonds is 15. The van der Waals surface area contributed by atoms with Crippen LogP contribution >= 0.6 is 0 Å². The molecule has 24 aromatic carbocycles. The van der Waals surface area contributed by atoms with Crippen LogP contribution in [0.3, 0.4) is 0 Å². The van der Waals surface area contributed by atoms with Crippen LogP contribution in [0.2, 0.25) is 0 Å². The van der Waals surface area contributed by atoms with E-state index in [1.165, 1.54) is 125 Å². The fourth-order valence-electron chi connectivity index (χ4n) is 20.8. The molecule has 3 aromatic heterocycles. The third-order valence-corrected chi connectivity index (χ3v) is 27.7. The van der Waals surface area contributed by atoms with Crippen molar-refractivity contribution in [3.05, 3.63) is 540 Å². The molecule has 672 valence electrons. The third-order valence-electron chi connectivity index (χ3n) is 27.7. The van der Waals surface area contributed by atoms with Gasteiger partial charge in [-0.2, -0.15) is 0 Å². The second kappa shape index (κ2) is 38.3. The van der Waals surface area contributed by atoms with Gasteiger partial charge in [0.2, 0.25) is 0 Å². The van der Waals surface area contributed by atoms with E-state index in [0.717, 1.165) is 112 Å². The fourth-order valence-corrected chi connectivity index (χ4v) is 20.8. The van der Waals surface area contributed by atoms with Gasteiger partial charge in [-0.15, -0.1) is 0 Å². The van der Waals surface area contributed by atoms with Gasteiger partial charge in [0.25, 0.3) is 0 Å². The second-order valence-corrected chi connectivity index (χ2v) is 36.3. The zero-order valence-corrected chi connectivity index (χ0v) is 78.5. The molecule has 0 N–H and O–H groups in total. The molecule has 7 heteroatoms. The molecule has 0 spiro atoms. The number of hydrogen-bond acceptors (Lipinski definition) is 7. The van der Waals surface area contributed by atoms with Gasteiger partial charge in [-0.05, 0) is 206 Å². The van der Waals surface area contributed by atoms with Gasteiger partial charge in [-0.3, -0.25) is 0 Å². The first-order valence-electron chi connectivity index (χ1n) is 48.9. The Morgan fingerprint density at radius 3 is 0.625 bits per heavy atom. The van der Waals surface area contributed by atoms with E-state index < -0.39 is 0 Å².